The molecule has 2 heterocycles. The monoisotopic (exact) mass is 278 g/mol. The third-order valence-electron chi connectivity index (χ3n) is 4.73. The zero-order valence-electron chi connectivity index (χ0n) is 12.4. The van der Waals surface area contributed by atoms with Gasteiger partial charge in [0.2, 0.25) is 0 Å². The first-order valence-electron chi connectivity index (χ1n) is 8.04. The average Bonchev–Trinajstić information content (AvgIpc) is 2.89. The molecule has 0 spiro atoms. The Morgan fingerprint density at radius 2 is 1.81 bits per heavy atom. The Hall–Kier alpha value is -1.80. The summed E-state index contributed by atoms with van der Waals surface area (Å²) in [6.45, 7) is 4.26. The molecule has 0 fully saturated rings. The molecule has 0 amide bonds. The fourth-order valence-corrected chi connectivity index (χ4v) is 3.60. The Morgan fingerprint density at radius 1 is 0.905 bits per heavy atom. The topological polar surface area (TPSA) is 15.3 Å². The third kappa shape index (κ3) is 2.56. The summed E-state index contributed by atoms with van der Waals surface area (Å²) in [5.41, 5.74) is 7.34. The molecule has 2 aliphatic rings. The summed E-state index contributed by atoms with van der Waals surface area (Å²) in [6, 6.07) is 15.9. The molecule has 1 N–H and O–H groups in total. The maximum Gasteiger partial charge on any atom is 0.0429 e. The average molecular weight is 278 g/mol. The molecule has 108 valence electrons. The van der Waals surface area contributed by atoms with Crippen LogP contribution < -0.4 is 10.2 Å². The number of fused-ring (bicyclic) bond motifs is 2. The van der Waals surface area contributed by atoms with Crippen molar-refractivity contribution in [1.29, 1.82) is 0 Å². The normalized spacial score (nSPS) is 17.2. The minimum Gasteiger partial charge on any atom is -0.367 e. The van der Waals surface area contributed by atoms with Crippen LogP contribution in [0.15, 0.2) is 42.5 Å². The van der Waals surface area contributed by atoms with E-state index in [4.69, 9.17) is 0 Å². The Kier molecular flexibility index (Phi) is 3.40. The van der Waals surface area contributed by atoms with Crippen LogP contribution >= 0.6 is 0 Å². The molecule has 4 rings (SSSR count). The van der Waals surface area contributed by atoms with E-state index in [0.29, 0.717) is 0 Å². The van der Waals surface area contributed by atoms with Crippen molar-refractivity contribution in [3.05, 3.63) is 64.7 Å². The van der Waals surface area contributed by atoms with Gasteiger partial charge in [-0.3, -0.25) is 0 Å². The number of benzene rings is 2. The van der Waals surface area contributed by atoms with Gasteiger partial charge in [0.25, 0.3) is 0 Å². The Morgan fingerprint density at radius 3 is 2.81 bits per heavy atom. The Labute approximate surface area is 126 Å². The first kappa shape index (κ1) is 12.9. The predicted molar refractivity (Wildman–Crippen MR) is 87.4 cm³/mol. The summed E-state index contributed by atoms with van der Waals surface area (Å²) >= 11 is 0. The molecule has 0 aromatic heterocycles. The van der Waals surface area contributed by atoms with E-state index >= 15 is 0 Å². The lowest BCUT2D eigenvalue weighted by Gasteiger charge is -2.25. The summed E-state index contributed by atoms with van der Waals surface area (Å²) in [5, 5.41) is 3.43. The van der Waals surface area contributed by atoms with E-state index in [1.54, 1.807) is 0 Å². The molecule has 2 heteroatoms. The molecule has 2 aromatic rings. The largest absolute Gasteiger partial charge is 0.367 e. The van der Waals surface area contributed by atoms with Crippen molar-refractivity contribution in [1.82, 2.24) is 5.32 Å². The van der Waals surface area contributed by atoms with E-state index < -0.39 is 0 Å². The molecular formula is C19H22N2. The molecule has 0 bridgehead atoms. The minimum absolute atomic E-state index is 1.03. The molecule has 0 unspecified atom stereocenters. The van der Waals surface area contributed by atoms with Gasteiger partial charge in [-0.1, -0.05) is 36.4 Å². The lowest BCUT2D eigenvalue weighted by Crippen LogP contribution is -2.23. The van der Waals surface area contributed by atoms with Gasteiger partial charge in [-0.15, -0.1) is 0 Å². The highest BCUT2D eigenvalue weighted by atomic mass is 15.1. The van der Waals surface area contributed by atoms with Crippen LogP contribution in [0.2, 0.25) is 0 Å². The van der Waals surface area contributed by atoms with E-state index in [1.165, 1.54) is 53.7 Å². The van der Waals surface area contributed by atoms with Gasteiger partial charge in [0, 0.05) is 31.9 Å². The van der Waals surface area contributed by atoms with Gasteiger partial charge in [-0.25, -0.2) is 0 Å². The number of nitrogens with zero attached hydrogens (tertiary/aromatic N) is 1. The van der Waals surface area contributed by atoms with Crippen LogP contribution in [0.5, 0.6) is 0 Å². The second-order valence-corrected chi connectivity index (χ2v) is 6.21. The van der Waals surface area contributed by atoms with Crippen molar-refractivity contribution in [3.63, 3.8) is 0 Å². The number of hydrogen-bond donors (Lipinski definition) is 1. The first-order chi connectivity index (χ1) is 10.4. The summed E-state index contributed by atoms with van der Waals surface area (Å²) in [4.78, 5) is 2.56. The highest BCUT2D eigenvalue weighted by molar-refractivity contribution is 5.55. The number of nitrogens with one attached hydrogen (secondary N) is 1. The molecular weight excluding hydrogens is 256 g/mol. The Bertz CT molecular complexity index is 648. The second kappa shape index (κ2) is 5.53. The van der Waals surface area contributed by atoms with Gasteiger partial charge >= 0.3 is 0 Å². The molecule has 0 saturated heterocycles. The lowest BCUT2D eigenvalue weighted by atomic mass is 10.1. The first-order valence-corrected chi connectivity index (χ1v) is 8.04. The van der Waals surface area contributed by atoms with E-state index in [9.17, 15) is 0 Å². The maximum atomic E-state index is 3.43. The fourth-order valence-electron chi connectivity index (χ4n) is 3.60. The van der Waals surface area contributed by atoms with E-state index in [2.05, 4.69) is 52.7 Å². The van der Waals surface area contributed by atoms with Crippen LogP contribution in [0.3, 0.4) is 0 Å². The predicted octanol–water partition coefficient (Wildman–Crippen LogP) is 3.63. The van der Waals surface area contributed by atoms with Crippen LogP contribution in [-0.4, -0.2) is 6.54 Å². The molecule has 2 aromatic carbocycles. The SMILES string of the molecule is c1ccc2c(c1)CCCCN2Cc1ccc2c(c1)CNC2. The van der Waals surface area contributed by atoms with E-state index in [1.807, 2.05) is 0 Å². The van der Waals surface area contributed by atoms with Crippen molar-refractivity contribution in [3.8, 4) is 0 Å². The van der Waals surface area contributed by atoms with E-state index in [0.717, 1.165) is 19.6 Å². The van der Waals surface area contributed by atoms with Crippen molar-refractivity contribution in [2.24, 2.45) is 0 Å². The van der Waals surface area contributed by atoms with Crippen LogP contribution in [0.25, 0.3) is 0 Å². The smallest absolute Gasteiger partial charge is 0.0429 e. The van der Waals surface area contributed by atoms with Crippen molar-refractivity contribution in [2.75, 3.05) is 11.4 Å². The summed E-state index contributed by atoms with van der Waals surface area (Å²) in [7, 11) is 0. The highest BCUT2D eigenvalue weighted by Crippen LogP contribution is 2.28. The second-order valence-electron chi connectivity index (χ2n) is 6.21. The fraction of sp³-hybridized carbons (Fsp3) is 0.368. The summed E-state index contributed by atoms with van der Waals surface area (Å²) in [6.07, 6.45) is 3.82. The molecule has 0 radical (unpaired) electrons. The van der Waals surface area contributed by atoms with Crippen LogP contribution in [0.1, 0.15) is 35.1 Å². The number of hydrogen-bond acceptors (Lipinski definition) is 2. The summed E-state index contributed by atoms with van der Waals surface area (Å²) < 4.78 is 0. The van der Waals surface area contributed by atoms with Gasteiger partial charge < -0.3 is 10.2 Å². The van der Waals surface area contributed by atoms with Crippen molar-refractivity contribution >= 4 is 5.69 Å². The van der Waals surface area contributed by atoms with Crippen LogP contribution in [0, 0.1) is 0 Å². The zero-order chi connectivity index (χ0) is 14.1. The van der Waals surface area contributed by atoms with Gasteiger partial charge in [0.1, 0.15) is 0 Å². The molecule has 0 aliphatic carbocycles. The highest BCUT2D eigenvalue weighted by Gasteiger charge is 2.16. The molecule has 2 aliphatic heterocycles. The number of para-hydroxylation sites is 1. The Balaban J connectivity index is 1.62. The van der Waals surface area contributed by atoms with Gasteiger partial charge in [0.05, 0.1) is 0 Å². The number of anilines is 1. The molecule has 21 heavy (non-hydrogen) atoms. The minimum atomic E-state index is 1.03. The van der Waals surface area contributed by atoms with Crippen molar-refractivity contribution in [2.45, 2.75) is 38.9 Å². The van der Waals surface area contributed by atoms with Crippen LogP contribution in [-0.2, 0) is 26.1 Å². The molecule has 0 saturated carbocycles. The zero-order valence-corrected chi connectivity index (χ0v) is 12.4. The number of aryl methyl sites for hydroxylation is 1. The molecule has 2 nitrogen and oxygen atoms in total. The quantitative estimate of drug-likeness (QED) is 0.902. The van der Waals surface area contributed by atoms with Gasteiger partial charge in [-0.2, -0.15) is 0 Å². The third-order valence-corrected chi connectivity index (χ3v) is 4.73. The van der Waals surface area contributed by atoms with Gasteiger partial charge in [-0.05, 0) is 47.6 Å². The molecule has 0 atom stereocenters. The standard InChI is InChI=1S/C19H22N2/c1-2-7-19-16(5-1)6-3-4-10-21(19)14-15-8-9-17-12-20-13-18(17)11-15/h1-2,5,7-9,11,20H,3-4,6,10,12-14H2. The van der Waals surface area contributed by atoms with Gasteiger partial charge in [0.15, 0.2) is 0 Å². The number of rotatable bonds is 2. The van der Waals surface area contributed by atoms with Crippen LogP contribution in [0.4, 0.5) is 5.69 Å². The maximum absolute atomic E-state index is 3.43. The summed E-state index contributed by atoms with van der Waals surface area (Å²) in [5.74, 6) is 0. The van der Waals surface area contributed by atoms with Crippen molar-refractivity contribution < 1.29 is 0 Å². The lowest BCUT2D eigenvalue weighted by molar-refractivity contribution is 0.714. The van der Waals surface area contributed by atoms with E-state index in [-0.39, 0.29) is 0 Å².